The molecule has 234 valence electrons. The van der Waals surface area contributed by atoms with Gasteiger partial charge in [0.15, 0.2) is 5.82 Å². The summed E-state index contributed by atoms with van der Waals surface area (Å²) in [5.74, 6) is 0.695. The summed E-state index contributed by atoms with van der Waals surface area (Å²) in [7, 11) is 0. The molecule has 0 atom stereocenters. The molecule has 0 saturated heterocycles. The predicted molar refractivity (Wildman–Crippen MR) is 209 cm³/mol. The minimum Gasteiger partial charge on any atom is -0.309 e. The van der Waals surface area contributed by atoms with Crippen molar-refractivity contribution in [1.29, 1.82) is 0 Å². The number of thiophene rings is 1. The van der Waals surface area contributed by atoms with Gasteiger partial charge in [-0.2, -0.15) is 0 Å². The Kier molecular flexibility index (Phi) is 6.64. The molecule has 0 radical (unpaired) electrons. The molecule has 0 aliphatic heterocycles. The van der Waals surface area contributed by atoms with Crippen molar-refractivity contribution >= 4 is 53.3 Å². The van der Waals surface area contributed by atoms with E-state index in [0.29, 0.717) is 5.82 Å². The van der Waals surface area contributed by atoms with Gasteiger partial charge < -0.3 is 4.57 Å². The van der Waals surface area contributed by atoms with Crippen molar-refractivity contribution in [1.82, 2.24) is 19.5 Å². The van der Waals surface area contributed by atoms with Crippen LogP contribution in [0.3, 0.4) is 0 Å². The molecule has 0 amide bonds. The van der Waals surface area contributed by atoms with Gasteiger partial charge in [0.25, 0.3) is 0 Å². The van der Waals surface area contributed by atoms with Crippen molar-refractivity contribution in [3.05, 3.63) is 170 Å². The maximum Gasteiger partial charge on any atom is 0.160 e. The van der Waals surface area contributed by atoms with Gasteiger partial charge in [0.1, 0.15) is 0 Å². The van der Waals surface area contributed by atoms with Crippen LogP contribution < -0.4 is 0 Å². The molecule has 5 heteroatoms. The van der Waals surface area contributed by atoms with Crippen molar-refractivity contribution in [3.8, 4) is 50.7 Å². The molecule has 6 aromatic carbocycles. The van der Waals surface area contributed by atoms with Gasteiger partial charge in [-0.3, -0.25) is 4.98 Å². The first-order valence-electron chi connectivity index (χ1n) is 16.7. The molecular formula is C45H28N4S. The number of aromatic nitrogens is 4. The molecule has 0 bridgehead atoms. The van der Waals surface area contributed by atoms with Gasteiger partial charge in [0.05, 0.1) is 22.4 Å². The van der Waals surface area contributed by atoms with Crippen molar-refractivity contribution < 1.29 is 0 Å². The highest BCUT2D eigenvalue weighted by atomic mass is 32.1. The van der Waals surface area contributed by atoms with E-state index in [4.69, 9.17) is 9.97 Å². The van der Waals surface area contributed by atoms with Crippen molar-refractivity contribution in [2.75, 3.05) is 0 Å². The first kappa shape index (κ1) is 28.6. The third-order valence-corrected chi connectivity index (χ3v) is 10.6. The van der Waals surface area contributed by atoms with E-state index in [2.05, 4.69) is 149 Å². The molecule has 50 heavy (non-hydrogen) atoms. The fraction of sp³-hybridized carbons (Fsp3) is 0. The van der Waals surface area contributed by atoms with E-state index >= 15 is 0 Å². The minimum atomic E-state index is 0.695. The predicted octanol–water partition coefficient (Wildman–Crippen LogP) is 12.0. The Morgan fingerprint density at radius 3 is 1.78 bits per heavy atom. The molecular weight excluding hydrogens is 629 g/mol. The second-order valence-electron chi connectivity index (χ2n) is 12.5. The zero-order valence-corrected chi connectivity index (χ0v) is 27.7. The Morgan fingerprint density at radius 1 is 0.400 bits per heavy atom. The molecule has 0 spiro atoms. The SMILES string of the molecule is c1ccc(-c2nc(-c3cc(-c4ccncc4)cc(-n4c5ccccc5c5ccccc54)c3)cc(-c3ccc4sc5ccccc5c4c3)n2)cc1. The van der Waals surface area contributed by atoms with Crippen LogP contribution in [0.2, 0.25) is 0 Å². The van der Waals surface area contributed by atoms with E-state index in [1.807, 2.05) is 41.9 Å². The lowest BCUT2D eigenvalue weighted by atomic mass is 9.99. The standard InChI is InChI=1S/C45H28N4S/c1-2-10-30(11-3-1)45-47-39(31-18-19-44-38(27-31)37-14-6-9-17-43(37)50-44)28-40(48-45)33-24-32(29-20-22-46-23-21-29)25-34(26-33)49-41-15-7-4-12-35(41)36-13-5-8-16-42(36)49/h1-28H. The summed E-state index contributed by atoms with van der Waals surface area (Å²) >= 11 is 1.83. The van der Waals surface area contributed by atoms with Crippen LogP contribution in [-0.4, -0.2) is 19.5 Å². The van der Waals surface area contributed by atoms with Crippen LogP contribution in [0.15, 0.2) is 170 Å². The maximum atomic E-state index is 5.25. The van der Waals surface area contributed by atoms with Crippen molar-refractivity contribution in [2.24, 2.45) is 0 Å². The number of pyridine rings is 1. The summed E-state index contributed by atoms with van der Waals surface area (Å²) in [4.78, 5) is 14.7. The van der Waals surface area contributed by atoms with Gasteiger partial charge in [0, 0.05) is 65.7 Å². The zero-order chi connectivity index (χ0) is 33.0. The lowest BCUT2D eigenvalue weighted by Gasteiger charge is -2.15. The molecule has 4 nitrogen and oxygen atoms in total. The molecule has 0 fully saturated rings. The quantitative estimate of drug-likeness (QED) is 0.185. The highest BCUT2D eigenvalue weighted by molar-refractivity contribution is 7.25. The smallest absolute Gasteiger partial charge is 0.160 e. The van der Waals surface area contributed by atoms with E-state index in [1.54, 1.807) is 0 Å². The Balaban J connectivity index is 1.23. The third-order valence-electron chi connectivity index (χ3n) is 9.50. The van der Waals surface area contributed by atoms with Crippen LogP contribution in [0.25, 0.3) is 92.7 Å². The zero-order valence-electron chi connectivity index (χ0n) is 26.9. The van der Waals surface area contributed by atoms with E-state index in [1.165, 1.54) is 30.9 Å². The molecule has 0 aliphatic rings. The maximum absolute atomic E-state index is 5.25. The number of rotatable bonds is 5. The van der Waals surface area contributed by atoms with Crippen LogP contribution in [0.5, 0.6) is 0 Å². The van der Waals surface area contributed by atoms with Gasteiger partial charge >= 0.3 is 0 Å². The van der Waals surface area contributed by atoms with Crippen LogP contribution >= 0.6 is 11.3 Å². The van der Waals surface area contributed by atoms with Crippen LogP contribution in [-0.2, 0) is 0 Å². The highest BCUT2D eigenvalue weighted by Gasteiger charge is 2.17. The lowest BCUT2D eigenvalue weighted by Crippen LogP contribution is -1.99. The molecule has 4 heterocycles. The summed E-state index contributed by atoms with van der Waals surface area (Å²) in [5, 5.41) is 4.97. The first-order valence-corrected chi connectivity index (χ1v) is 17.5. The summed E-state index contributed by atoms with van der Waals surface area (Å²) in [6.45, 7) is 0. The Hall–Kier alpha value is -6.43. The molecule has 0 N–H and O–H groups in total. The van der Waals surface area contributed by atoms with Gasteiger partial charge in [-0.1, -0.05) is 91.0 Å². The van der Waals surface area contributed by atoms with E-state index in [0.717, 1.165) is 55.9 Å². The van der Waals surface area contributed by atoms with Gasteiger partial charge in [0.2, 0.25) is 0 Å². The number of benzene rings is 6. The number of hydrogen-bond donors (Lipinski definition) is 0. The van der Waals surface area contributed by atoms with Crippen LogP contribution in [0.1, 0.15) is 0 Å². The van der Waals surface area contributed by atoms with E-state index in [9.17, 15) is 0 Å². The summed E-state index contributed by atoms with van der Waals surface area (Å²) in [6.07, 6.45) is 3.70. The molecule has 10 rings (SSSR count). The third kappa shape index (κ3) is 4.79. The second-order valence-corrected chi connectivity index (χ2v) is 13.6. The molecule has 0 saturated carbocycles. The van der Waals surface area contributed by atoms with Crippen LogP contribution in [0.4, 0.5) is 0 Å². The Morgan fingerprint density at radius 2 is 1.02 bits per heavy atom. The van der Waals surface area contributed by atoms with Crippen molar-refractivity contribution in [2.45, 2.75) is 0 Å². The number of hydrogen-bond acceptors (Lipinski definition) is 4. The summed E-state index contributed by atoms with van der Waals surface area (Å²) in [5.41, 5.74) is 10.4. The molecule has 10 aromatic rings. The van der Waals surface area contributed by atoms with Crippen molar-refractivity contribution in [3.63, 3.8) is 0 Å². The lowest BCUT2D eigenvalue weighted by molar-refractivity contribution is 1.16. The number of nitrogens with zero attached hydrogens (tertiary/aromatic N) is 4. The normalized spacial score (nSPS) is 11.6. The average Bonchev–Trinajstić information content (AvgIpc) is 3.74. The van der Waals surface area contributed by atoms with Gasteiger partial charge in [-0.25, -0.2) is 9.97 Å². The fourth-order valence-corrected chi connectivity index (χ4v) is 8.23. The fourth-order valence-electron chi connectivity index (χ4n) is 7.14. The second kappa shape index (κ2) is 11.6. The molecule has 4 aromatic heterocycles. The van der Waals surface area contributed by atoms with E-state index < -0.39 is 0 Å². The minimum absolute atomic E-state index is 0.695. The molecule has 0 unspecified atom stereocenters. The van der Waals surface area contributed by atoms with Crippen LogP contribution in [0, 0.1) is 0 Å². The monoisotopic (exact) mass is 656 g/mol. The summed E-state index contributed by atoms with van der Waals surface area (Å²) < 4.78 is 4.93. The van der Waals surface area contributed by atoms with Gasteiger partial charge in [-0.15, -0.1) is 11.3 Å². The topological polar surface area (TPSA) is 43.6 Å². The highest BCUT2D eigenvalue weighted by Crippen LogP contribution is 2.39. The first-order chi connectivity index (χ1) is 24.8. The number of para-hydroxylation sites is 2. The number of fused-ring (bicyclic) bond motifs is 6. The summed E-state index contributed by atoms with van der Waals surface area (Å²) in [6, 6.07) is 55.9. The molecule has 0 aliphatic carbocycles. The Bertz CT molecular complexity index is 2820. The Labute approximate surface area is 292 Å². The van der Waals surface area contributed by atoms with Gasteiger partial charge in [-0.05, 0) is 77.9 Å². The largest absolute Gasteiger partial charge is 0.309 e. The average molecular weight is 657 g/mol. The van der Waals surface area contributed by atoms with E-state index in [-0.39, 0.29) is 0 Å².